The van der Waals surface area contributed by atoms with Crippen LogP contribution >= 0.6 is 0 Å². The van der Waals surface area contributed by atoms with Crippen molar-refractivity contribution in [2.45, 2.75) is 12.8 Å². The predicted molar refractivity (Wildman–Crippen MR) is 105 cm³/mol. The molecule has 3 heterocycles. The van der Waals surface area contributed by atoms with Crippen LogP contribution < -0.4 is 4.74 Å². The quantitative estimate of drug-likeness (QED) is 0.684. The summed E-state index contributed by atoms with van der Waals surface area (Å²) in [6, 6.07) is 11.8. The molecule has 0 atom stereocenters. The highest BCUT2D eigenvalue weighted by atomic mass is 16.5. The maximum absolute atomic E-state index is 12.5. The Labute approximate surface area is 164 Å². The van der Waals surface area contributed by atoms with Crippen molar-refractivity contribution in [1.29, 1.82) is 0 Å². The summed E-state index contributed by atoms with van der Waals surface area (Å²) in [5, 5.41) is 0. The maximum Gasteiger partial charge on any atom is 0.274 e. The molecule has 1 amide bonds. The van der Waals surface area contributed by atoms with E-state index in [-0.39, 0.29) is 5.91 Å². The first-order valence-electron chi connectivity index (χ1n) is 9.46. The van der Waals surface area contributed by atoms with E-state index >= 15 is 0 Å². The van der Waals surface area contributed by atoms with Crippen molar-refractivity contribution in [3.63, 3.8) is 0 Å². The van der Waals surface area contributed by atoms with Gasteiger partial charge in [-0.1, -0.05) is 30.3 Å². The van der Waals surface area contributed by atoms with Crippen molar-refractivity contribution in [3.05, 3.63) is 60.9 Å². The summed E-state index contributed by atoms with van der Waals surface area (Å²) in [4.78, 5) is 27.0. The van der Waals surface area contributed by atoms with Crippen LogP contribution in [0.3, 0.4) is 0 Å². The Hall–Kier alpha value is -3.22. The number of rotatable bonds is 5. The number of imidazole rings is 1. The van der Waals surface area contributed by atoms with Crippen LogP contribution in [0.2, 0.25) is 0 Å². The summed E-state index contributed by atoms with van der Waals surface area (Å²) < 4.78 is 7.71. The molecule has 2 aromatic heterocycles. The SMILES string of the molecule is Cn1cnc(C(=O)N2CCC(COc3cc(-c4ccccc4)ncn3)CC2)c1. The van der Waals surface area contributed by atoms with Crippen molar-refractivity contribution in [3.8, 4) is 17.1 Å². The molecule has 1 aromatic carbocycles. The van der Waals surface area contributed by atoms with E-state index < -0.39 is 0 Å². The number of hydrogen-bond acceptors (Lipinski definition) is 5. The number of amides is 1. The minimum Gasteiger partial charge on any atom is -0.477 e. The van der Waals surface area contributed by atoms with Gasteiger partial charge in [0.15, 0.2) is 0 Å². The van der Waals surface area contributed by atoms with E-state index in [0.717, 1.165) is 37.2 Å². The zero-order valence-electron chi connectivity index (χ0n) is 15.9. The van der Waals surface area contributed by atoms with Gasteiger partial charge in [0.05, 0.1) is 18.6 Å². The van der Waals surface area contributed by atoms with Crippen molar-refractivity contribution in [2.24, 2.45) is 13.0 Å². The first kappa shape index (κ1) is 18.2. The van der Waals surface area contributed by atoms with Gasteiger partial charge in [-0.25, -0.2) is 15.0 Å². The maximum atomic E-state index is 12.5. The second-order valence-electron chi connectivity index (χ2n) is 7.08. The molecule has 1 aliphatic heterocycles. The van der Waals surface area contributed by atoms with Crippen molar-refractivity contribution < 1.29 is 9.53 Å². The number of nitrogens with zero attached hydrogens (tertiary/aromatic N) is 5. The Morgan fingerprint density at radius 2 is 1.93 bits per heavy atom. The number of carbonyl (C=O) groups is 1. The first-order chi connectivity index (χ1) is 13.7. The van der Waals surface area contributed by atoms with Crippen LogP contribution in [0, 0.1) is 5.92 Å². The lowest BCUT2D eigenvalue weighted by Crippen LogP contribution is -2.39. The van der Waals surface area contributed by atoms with Gasteiger partial charge < -0.3 is 14.2 Å². The molecule has 0 radical (unpaired) electrons. The molecule has 7 nitrogen and oxygen atoms in total. The van der Waals surface area contributed by atoms with Crippen molar-refractivity contribution in [1.82, 2.24) is 24.4 Å². The number of ether oxygens (including phenoxy) is 1. The second kappa shape index (κ2) is 8.21. The molecule has 0 aliphatic carbocycles. The Kier molecular flexibility index (Phi) is 5.32. The average molecular weight is 377 g/mol. The smallest absolute Gasteiger partial charge is 0.274 e. The molecule has 1 aliphatic rings. The van der Waals surface area contributed by atoms with Gasteiger partial charge in [0, 0.05) is 38.0 Å². The molecule has 1 saturated heterocycles. The van der Waals surface area contributed by atoms with Crippen LogP contribution in [-0.2, 0) is 7.05 Å². The monoisotopic (exact) mass is 377 g/mol. The molecule has 3 aromatic rings. The third kappa shape index (κ3) is 4.19. The van der Waals surface area contributed by atoms with Crippen LogP contribution in [-0.4, -0.2) is 50.0 Å². The molecule has 0 unspecified atom stereocenters. The first-order valence-corrected chi connectivity index (χ1v) is 9.46. The van der Waals surface area contributed by atoms with Crippen molar-refractivity contribution in [2.75, 3.05) is 19.7 Å². The topological polar surface area (TPSA) is 73.1 Å². The summed E-state index contributed by atoms with van der Waals surface area (Å²) in [5.41, 5.74) is 2.39. The van der Waals surface area contributed by atoms with Gasteiger partial charge in [0.25, 0.3) is 5.91 Å². The van der Waals surface area contributed by atoms with E-state index in [4.69, 9.17) is 4.74 Å². The van der Waals surface area contributed by atoms with E-state index in [0.29, 0.717) is 24.1 Å². The lowest BCUT2D eigenvalue weighted by molar-refractivity contribution is 0.0654. The molecule has 144 valence electrons. The summed E-state index contributed by atoms with van der Waals surface area (Å²) in [6.07, 6.45) is 6.77. The Balaban J connectivity index is 1.29. The van der Waals surface area contributed by atoms with Crippen LogP contribution in [0.25, 0.3) is 11.3 Å². The molecule has 0 N–H and O–H groups in total. The lowest BCUT2D eigenvalue weighted by Gasteiger charge is -2.31. The van der Waals surface area contributed by atoms with Gasteiger partial charge in [0.2, 0.25) is 5.88 Å². The third-order valence-corrected chi connectivity index (χ3v) is 5.00. The molecule has 28 heavy (non-hydrogen) atoms. The number of aryl methyl sites for hydroxylation is 1. The number of piperidine rings is 1. The van der Waals surface area contributed by atoms with E-state index in [2.05, 4.69) is 15.0 Å². The normalized spacial score (nSPS) is 14.8. The lowest BCUT2D eigenvalue weighted by atomic mass is 9.97. The minimum atomic E-state index is 0.00303. The number of likely N-dealkylation sites (tertiary alicyclic amines) is 1. The summed E-state index contributed by atoms with van der Waals surface area (Å²) in [7, 11) is 1.86. The zero-order chi connectivity index (χ0) is 19.3. The molecule has 0 saturated carbocycles. The highest BCUT2D eigenvalue weighted by Crippen LogP contribution is 2.22. The van der Waals surface area contributed by atoms with Crippen molar-refractivity contribution >= 4 is 5.91 Å². The van der Waals surface area contributed by atoms with Gasteiger partial charge in [-0.05, 0) is 18.8 Å². The number of carbonyl (C=O) groups excluding carboxylic acids is 1. The second-order valence-corrected chi connectivity index (χ2v) is 7.08. The van der Waals surface area contributed by atoms with Gasteiger partial charge >= 0.3 is 0 Å². The molecular formula is C21H23N5O2. The minimum absolute atomic E-state index is 0.00303. The fourth-order valence-corrected chi connectivity index (χ4v) is 3.38. The molecule has 7 heteroatoms. The average Bonchev–Trinajstić information content (AvgIpc) is 3.19. The molecule has 4 rings (SSSR count). The Morgan fingerprint density at radius 3 is 2.64 bits per heavy atom. The summed E-state index contributed by atoms with van der Waals surface area (Å²) in [5.74, 6) is 0.993. The third-order valence-electron chi connectivity index (χ3n) is 5.00. The van der Waals surface area contributed by atoms with Gasteiger partial charge in [-0.2, -0.15) is 0 Å². The van der Waals surface area contributed by atoms with E-state index in [9.17, 15) is 4.79 Å². The predicted octanol–water partition coefficient (Wildman–Crippen LogP) is 2.81. The standard InChI is InChI=1S/C21H23N5O2/c1-25-12-19(24-15-25)21(27)26-9-7-16(8-10-26)13-28-20-11-18(22-14-23-20)17-5-3-2-4-6-17/h2-6,11-12,14-16H,7-10,13H2,1H3. The zero-order valence-corrected chi connectivity index (χ0v) is 15.9. The Morgan fingerprint density at radius 1 is 1.14 bits per heavy atom. The molecular weight excluding hydrogens is 354 g/mol. The fourth-order valence-electron chi connectivity index (χ4n) is 3.38. The van der Waals surface area contributed by atoms with Gasteiger partial charge in [-0.3, -0.25) is 4.79 Å². The van der Waals surface area contributed by atoms with Crippen LogP contribution in [0.1, 0.15) is 23.3 Å². The van der Waals surface area contributed by atoms with Crippen LogP contribution in [0.5, 0.6) is 5.88 Å². The highest BCUT2D eigenvalue weighted by Gasteiger charge is 2.25. The van der Waals surface area contributed by atoms with Gasteiger partial charge in [-0.15, -0.1) is 0 Å². The number of benzene rings is 1. The fraction of sp³-hybridized carbons (Fsp3) is 0.333. The largest absolute Gasteiger partial charge is 0.477 e. The van der Waals surface area contributed by atoms with Crippen LogP contribution in [0.4, 0.5) is 0 Å². The van der Waals surface area contributed by atoms with Crippen LogP contribution in [0.15, 0.2) is 55.2 Å². The molecule has 0 spiro atoms. The molecule has 0 bridgehead atoms. The number of aromatic nitrogens is 4. The van der Waals surface area contributed by atoms with E-state index in [1.807, 2.05) is 48.3 Å². The van der Waals surface area contributed by atoms with E-state index in [1.54, 1.807) is 17.1 Å². The summed E-state index contributed by atoms with van der Waals surface area (Å²) >= 11 is 0. The summed E-state index contributed by atoms with van der Waals surface area (Å²) in [6.45, 7) is 2.04. The van der Waals surface area contributed by atoms with Gasteiger partial charge in [0.1, 0.15) is 12.0 Å². The van der Waals surface area contributed by atoms with E-state index in [1.165, 1.54) is 6.33 Å². The number of hydrogen-bond donors (Lipinski definition) is 0. The Bertz CT molecular complexity index is 933. The highest BCUT2D eigenvalue weighted by molar-refractivity contribution is 5.92. The molecule has 1 fully saturated rings.